The Bertz CT molecular complexity index is 1140. The van der Waals surface area contributed by atoms with Crippen LogP contribution in [0.15, 0.2) is 54.7 Å². The van der Waals surface area contributed by atoms with Crippen LogP contribution in [0.3, 0.4) is 0 Å². The third kappa shape index (κ3) is 2.43. The second-order valence-corrected chi connectivity index (χ2v) is 7.07. The normalized spacial score (nSPS) is 11.3. The number of pyridine rings is 1. The zero-order valence-corrected chi connectivity index (χ0v) is 16.0. The standard InChI is InChI=1S/C23H24N3/c1-15-14-16(2)23(18(4)22(15)21-12-13-24-25(21)5)26-17(3)10-11-19-8-6-7-9-20(19)26/h6-14H,1-5H3/q+1. The van der Waals surface area contributed by atoms with Crippen LogP contribution >= 0.6 is 0 Å². The van der Waals surface area contributed by atoms with Gasteiger partial charge < -0.3 is 0 Å². The summed E-state index contributed by atoms with van der Waals surface area (Å²) in [6.07, 6.45) is 1.87. The van der Waals surface area contributed by atoms with Gasteiger partial charge in [-0.3, -0.25) is 4.68 Å². The van der Waals surface area contributed by atoms with Gasteiger partial charge >= 0.3 is 0 Å². The molecule has 0 N–H and O–H groups in total. The summed E-state index contributed by atoms with van der Waals surface area (Å²) in [6.45, 7) is 8.80. The fraction of sp³-hybridized carbons (Fsp3) is 0.217. The number of hydrogen-bond donors (Lipinski definition) is 0. The number of nitrogens with zero attached hydrogens (tertiary/aromatic N) is 3. The molecule has 0 atom stereocenters. The molecule has 2 heterocycles. The minimum Gasteiger partial charge on any atom is -0.268 e. The van der Waals surface area contributed by atoms with Gasteiger partial charge in [-0.05, 0) is 50.6 Å². The van der Waals surface area contributed by atoms with E-state index in [1.54, 1.807) is 0 Å². The maximum atomic E-state index is 4.38. The summed E-state index contributed by atoms with van der Waals surface area (Å²) in [5, 5.41) is 5.63. The quantitative estimate of drug-likeness (QED) is 0.482. The Morgan fingerprint density at radius 2 is 1.65 bits per heavy atom. The number of rotatable bonds is 2. The molecule has 3 nitrogen and oxygen atoms in total. The minimum atomic E-state index is 1.15. The van der Waals surface area contributed by atoms with Gasteiger partial charge in [-0.2, -0.15) is 9.67 Å². The first-order chi connectivity index (χ1) is 12.5. The van der Waals surface area contributed by atoms with E-state index in [4.69, 9.17) is 0 Å². The van der Waals surface area contributed by atoms with Crippen LogP contribution in [0, 0.1) is 27.7 Å². The number of aromatic nitrogens is 3. The molecule has 0 aliphatic heterocycles. The molecular weight excluding hydrogens is 318 g/mol. The van der Waals surface area contributed by atoms with Gasteiger partial charge in [0.25, 0.3) is 0 Å². The van der Waals surface area contributed by atoms with E-state index in [1.807, 2.05) is 17.9 Å². The van der Waals surface area contributed by atoms with Gasteiger partial charge in [-0.15, -0.1) is 0 Å². The molecule has 4 aromatic rings. The van der Waals surface area contributed by atoms with Gasteiger partial charge in [-0.1, -0.05) is 12.1 Å². The first kappa shape index (κ1) is 16.5. The van der Waals surface area contributed by atoms with Crippen LogP contribution in [0.4, 0.5) is 0 Å². The van der Waals surface area contributed by atoms with Crippen molar-refractivity contribution in [2.24, 2.45) is 7.05 Å². The second kappa shape index (κ2) is 6.10. The van der Waals surface area contributed by atoms with E-state index < -0.39 is 0 Å². The summed E-state index contributed by atoms with van der Waals surface area (Å²) in [6, 6.07) is 17.4. The largest absolute Gasteiger partial charge is 0.268 e. The fourth-order valence-corrected chi connectivity index (χ4v) is 4.14. The van der Waals surface area contributed by atoms with Gasteiger partial charge in [0.2, 0.25) is 11.2 Å². The van der Waals surface area contributed by atoms with Gasteiger partial charge in [0.1, 0.15) is 0 Å². The van der Waals surface area contributed by atoms with Crippen molar-refractivity contribution in [2.45, 2.75) is 27.7 Å². The van der Waals surface area contributed by atoms with E-state index in [1.165, 1.54) is 44.5 Å². The highest BCUT2D eigenvalue weighted by atomic mass is 15.3. The molecule has 0 radical (unpaired) electrons. The molecule has 0 fully saturated rings. The van der Waals surface area contributed by atoms with Crippen molar-refractivity contribution in [1.82, 2.24) is 9.78 Å². The Kier molecular flexibility index (Phi) is 3.87. The van der Waals surface area contributed by atoms with E-state index in [0.717, 1.165) is 5.69 Å². The van der Waals surface area contributed by atoms with E-state index in [2.05, 4.69) is 85.9 Å². The maximum absolute atomic E-state index is 4.38. The highest BCUT2D eigenvalue weighted by molar-refractivity contribution is 5.77. The van der Waals surface area contributed by atoms with E-state index in [0.29, 0.717) is 0 Å². The molecule has 0 saturated heterocycles. The van der Waals surface area contributed by atoms with Crippen molar-refractivity contribution in [1.29, 1.82) is 0 Å². The predicted octanol–water partition coefficient (Wildman–Crippen LogP) is 4.75. The number of fused-ring (bicyclic) bond motifs is 1. The second-order valence-electron chi connectivity index (χ2n) is 7.07. The van der Waals surface area contributed by atoms with Crippen LogP contribution in [0.5, 0.6) is 0 Å². The summed E-state index contributed by atoms with van der Waals surface area (Å²) >= 11 is 0. The molecule has 0 aliphatic carbocycles. The summed E-state index contributed by atoms with van der Waals surface area (Å²) in [5.74, 6) is 0. The molecule has 26 heavy (non-hydrogen) atoms. The Balaban J connectivity index is 2.12. The van der Waals surface area contributed by atoms with Crippen molar-refractivity contribution in [3.63, 3.8) is 0 Å². The van der Waals surface area contributed by atoms with Crippen LogP contribution in [-0.4, -0.2) is 9.78 Å². The van der Waals surface area contributed by atoms with Gasteiger partial charge in [0.05, 0.1) is 5.69 Å². The molecule has 0 unspecified atom stereocenters. The third-order valence-electron chi connectivity index (χ3n) is 5.27. The van der Waals surface area contributed by atoms with Crippen molar-refractivity contribution < 1.29 is 4.57 Å². The molecule has 3 heteroatoms. The van der Waals surface area contributed by atoms with Crippen molar-refractivity contribution >= 4 is 10.9 Å². The average Bonchev–Trinajstić information content (AvgIpc) is 3.02. The van der Waals surface area contributed by atoms with Crippen molar-refractivity contribution in [2.75, 3.05) is 0 Å². The van der Waals surface area contributed by atoms with Crippen LogP contribution < -0.4 is 4.57 Å². The number of para-hydroxylation sites is 1. The van der Waals surface area contributed by atoms with Crippen molar-refractivity contribution in [3.05, 3.63) is 77.1 Å². The number of hydrogen-bond acceptors (Lipinski definition) is 1. The van der Waals surface area contributed by atoms with Gasteiger partial charge in [0.15, 0.2) is 5.69 Å². The average molecular weight is 342 g/mol. The van der Waals surface area contributed by atoms with Gasteiger partial charge in [0, 0.05) is 54.4 Å². The summed E-state index contributed by atoms with van der Waals surface area (Å²) in [7, 11) is 2.00. The molecule has 0 spiro atoms. The molecule has 4 rings (SSSR count). The molecule has 2 aromatic carbocycles. The first-order valence-electron chi connectivity index (χ1n) is 8.99. The monoisotopic (exact) mass is 342 g/mol. The lowest BCUT2D eigenvalue weighted by Crippen LogP contribution is -2.37. The lowest BCUT2D eigenvalue weighted by atomic mass is 9.94. The summed E-state index contributed by atoms with van der Waals surface area (Å²) in [4.78, 5) is 0. The molecule has 0 amide bonds. The van der Waals surface area contributed by atoms with Crippen LogP contribution in [-0.2, 0) is 7.05 Å². The Labute approximate surface area is 154 Å². The van der Waals surface area contributed by atoms with Gasteiger partial charge in [-0.25, -0.2) is 0 Å². The first-order valence-corrected chi connectivity index (χ1v) is 8.99. The predicted molar refractivity (Wildman–Crippen MR) is 107 cm³/mol. The zero-order valence-electron chi connectivity index (χ0n) is 16.0. The van der Waals surface area contributed by atoms with Crippen LogP contribution in [0.25, 0.3) is 27.8 Å². The third-order valence-corrected chi connectivity index (χ3v) is 5.27. The minimum absolute atomic E-state index is 1.15. The summed E-state index contributed by atoms with van der Waals surface area (Å²) in [5.41, 5.74) is 10.0. The topological polar surface area (TPSA) is 21.7 Å². The lowest BCUT2D eigenvalue weighted by Gasteiger charge is -2.16. The molecule has 2 aromatic heterocycles. The van der Waals surface area contributed by atoms with Crippen molar-refractivity contribution in [3.8, 4) is 16.9 Å². The molecular formula is C23H24N3+. The Morgan fingerprint density at radius 3 is 2.38 bits per heavy atom. The Hall–Kier alpha value is -2.94. The lowest BCUT2D eigenvalue weighted by molar-refractivity contribution is -0.575. The highest BCUT2D eigenvalue weighted by Gasteiger charge is 2.24. The fourth-order valence-electron chi connectivity index (χ4n) is 4.14. The summed E-state index contributed by atoms with van der Waals surface area (Å²) < 4.78 is 4.34. The van der Waals surface area contributed by atoms with E-state index in [-0.39, 0.29) is 0 Å². The highest BCUT2D eigenvalue weighted by Crippen LogP contribution is 2.32. The maximum Gasteiger partial charge on any atom is 0.218 e. The smallest absolute Gasteiger partial charge is 0.218 e. The Morgan fingerprint density at radius 1 is 0.885 bits per heavy atom. The van der Waals surface area contributed by atoms with E-state index in [9.17, 15) is 0 Å². The zero-order chi connectivity index (χ0) is 18.4. The van der Waals surface area contributed by atoms with Crippen LogP contribution in [0.2, 0.25) is 0 Å². The number of aryl methyl sites for hydroxylation is 4. The molecule has 0 bridgehead atoms. The number of benzene rings is 2. The molecule has 130 valence electrons. The molecule has 0 aliphatic rings. The molecule has 0 saturated carbocycles. The van der Waals surface area contributed by atoms with Crippen LogP contribution in [0.1, 0.15) is 22.4 Å². The van der Waals surface area contributed by atoms with E-state index >= 15 is 0 Å². The SMILES string of the molecule is Cc1cc(C)c(-[n+]2c(C)ccc3ccccc32)c(C)c1-c1ccnn1C.